The number of hydrogen-bond donors (Lipinski definition) is 0. The van der Waals surface area contributed by atoms with E-state index in [1.807, 2.05) is 0 Å². The molecule has 0 N–H and O–H groups in total. The molecule has 0 unspecified atom stereocenters. The van der Waals surface area contributed by atoms with Gasteiger partial charge in [-0.05, 0) is 37.0 Å². The van der Waals surface area contributed by atoms with E-state index in [1.165, 1.54) is 41.8 Å². The highest BCUT2D eigenvalue weighted by Crippen LogP contribution is 2.42. The topological polar surface area (TPSA) is 12.4 Å². The fraction of sp³-hybridized carbons (Fsp3) is 0.533. The summed E-state index contributed by atoms with van der Waals surface area (Å²) in [7, 11) is 0. The third-order valence-corrected chi connectivity index (χ3v) is 3.75. The Morgan fingerprint density at radius 3 is 2.69 bits per heavy atom. The molecule has 1 heterocycles. The third kappa shape index (κ3) is 1.68. The van der Waals surface area contributed by atoms with Crippen LogP contribution < -0.4 is 0 Å². The molecule has 0 amide bonds. The Labute approximate surface area is 98.6 Å². The molecule has 0 radical (unpaired) electrons. The van der Waals surface area contributed by atoms with Gasteiger partial charge in [0.15, 0.2) is 0 Å². The van der Waals surface area contributed by atoms with Crippen molar-refractivity contribution in [2.45, 2.75) is 52.4 Å². The Morgan fingerprint density at radius 1 is 1.25 bits per heavy atom. The second-order valence-electron chi connectivity index (χ2n) is 5.24. The van der Waals surface area contributed by atoms with Gasteiger partial charge in [0.1, 0.15) is 0 Å². The molecule has 0 saturated carbocycles. The van der Waals surface area contributed by atoms with E-state index < -0.39 is 0 Å². The summed E-state index contributed by atoms with van der Waals surface area (Å²) in [5.41, 5.74) is 5.51. The van der Waals surface area contributed by atoms with Crippen LogP contribution in [0.2, 0.25) is 0 Å². The SMILES string of the molecule is CCCCc1cccc2c1C(C)(C)C(C)=N2. The van der Waals surface area contributed by atoms with Crippen LogP contribution in [-0.2, 0) is 11.8 Å². The lowest BCUT2D eigenvalue weighted by molar-refractivity contribution is 0.705. The molecule has 0 aliphatic carbocycles. The van der Waals surface area contributed by atoms with E-state index in [2.05, 4.69) is 45.9 Å². The fourth-order valence-corrected chi connectivity index (χ4v) is 2.48. The van der Waals surface area contributed by atoms with E-state index >= 15 is 0 Å². The number of fused-ring (bicyclic) bond motifs is 1. The smallest absolute Gasteiger partial charge is 0.0673 e. The summed E-state index contributed by atoms with van der Waals surface area (Å²) in [6.07, 6.45) is 3.71. The van der Waals surface area contributed by atoms with Crippen molar-refractivity contribution in [3.8, 4) is 0 Å². The second-order valence-corrected chi connectivity index (χ2v) is 5.24. The summed E-state index contributed by atoms with van der Waals surface area (Å²) in [4.78, 5) is 4.69. The molecule has 0 fully saturated rings. The Bertz CT molecular complexity index is 427. The number of nitrogens with zero attached hydrogens (tertiary/aromatic N) is 1. The van der Waals surface area contributed by atoms with Crippen molar-refractivity contribution >= 4 is 11.4 Å². The lowest BCUT2D eigenvalue weighted by atomic mass is 9.79. The van der Waals surface area contributed by atoms with Crippen LogP contribution in [0.4, 0.5) is 5.69 Å². The van der Waals surface area contributed by atoms with Crippen molar-refractivity contribution in [3.63, 3.8) is 0 Å². The Hall–Kier alpha value is -1.11. The largest absolute Gasteiger partial charge is 0.257 e. The van der Waals surface area contributed by atoms with Gasteiger partial charge in [-0.1, -0.05) is 39.3 Å². The standard InChI is InChI=1S/C15H21N/c1-5-6-8-12-9-7-10-13-14(12)15(3,4)11(2)16-13/h7,9-10H,5-6,8H2,1-4H3. The summed E-state index contributed by atoms with van der Waals surface area (Å²) >= 11 is 0. The predicted octanol–water partition coefficient (Wildman–Crippen LogP) is 4.41. The lowest BCUT2D eigenvalue weighted by Crippen LogP contribution is -2.24. The molecule has 1 nitrogen and oxygen atoms in total. The number of benzene rings is 1. The highest BCUT2D eigenvalue weighted by atomic mass is 14.8. The van der Waals surface area contributed by atoms with Gasteiger partial charge in [0.25, 0.3) is 0 Å². The zero-order valence-electron chi connectivity index (χ0n) is 10.8. The number of aryl methyl sites for hydroxylation is 1. The van der Waals surface area contributed by atoms with E-state index in [-0.39, 0.29) is 5.41 Å². The van der Waals surface area contributed by atoms with E-state index in [1.54, 1.807) is 0 Å². The second kappa shape index (κ2) is 4.04. The van der Waals surface area contributed by atoms with E-state index in [0.29, 0.717) is 0 Å². The lowest BCUT2D eigenvalue weighted by Gasteiger charge is -2.23. The first-order valence-corrected chi connectivity index (χ1v) is 6.25. The molecule has 1 aromatic rings. The molecule has 1 heteroatoms. The first-order chi connectivity index (χ1) is 7.57. The zero-order chi connectivity index (χ0) is 11.8. The first kappa shape index (κ1) is 11.4. The van der Waals surface area contributed by atoms with Crippen molar-refractivity contribution in [2.24, 2.45) is 4.99 Å². The van der Waals surface area contributed by atoms with Crippen LogP contribution in [-0.4, -0.2) is 5.71 Å². The predicted molar refractivity (Wildman–Crippen MR) is 70.8 cm³/mol. The van der Waals surface area contributed by atoms with Gasteiger partial charge >= 0.3 is 0 Å². The summed E-state index contributed by atoms with van der Waals surface area (Å²) in [6, 6.07) is 6.55. The highest BCUT2D eigenvalue weighted by molar-refractivity contribution is 6.00. The molecule has 0 bridgehead atoms. The summed E-state index contributed by atoms with van der Waals surface area (Å²) in [6.45, 7) is 8.96. The minimum Gasteiger partial charge on any atom is -0.257 e. The highest BCUT2D eigenvalue weighted by Gasteiger charge is 2.33. The van der Waals surface area contributed by atoms with Crippen LogP contribution in [0.25, 0.3) is 0 Å². The fourth-order valence-electron chi connectivity index (χ4n) is 2.48. The number of aliphatic imine (C=N–C) groups is 1. The van der Waals surface area contributed by atoms with Crippen molar-refractivity contribution in [1.29, 1.82) is 0 Å². The van der Waals surface area contributed by atoms with Gasteiger partial charge in [-0.2, -0.15) is 0 Å². The summed E-state index contributed by atoms with van der Waals surface area (Å²) in [5, 5.41) is 0. The molecule has 16 heavy (non-hydrogen) atoms. The van der Waals surface area contributed by atoms with E-state index in [4.69, 9.17) is 4.99 Å². The first-order valence-electron chi connectivity index (χ1n) is 6.25. The molecular weight excluding hydrogens is 194 g/mol. The number of unbranched alkanes of at least 4 members (excludes halogenated alkanes) is 1. The van der Waals surface area contributed by atoms with Crippen LogP contribution in [0.15, 0.2) is 23.2 Å². The molecule has 0 saturated heterocycles. The normalized spacial score (nSPS) is 17.1. The van der Waals surface area contributed by atoms with Gasteiger partial charge < -0.3 is 0 Å². The minimum atomic E-state index is 0.125. The van der Waals surface area contributed by atoms with Crippen LogP contribution in [0, 0.1) is 0 Å². The van der Waals surface area contributed by atoms with Gasteiger partial charge in [0.05, 0.1) is 5.69 Å². The maximum Gasteiger partial charge on any atom is 0.0673 e. The van der Waals surface area contributed by atoms with Gasteiger partial charge in [0, 0.05) is 11.1 Å². The van der Waals surface area contributed by atoms with Gasteiger partial charge in [0.2, 0.25) is 0 Å². The Kier molecular flexibility index (Phi) is 2.88. The minimum absolute atomic E-state index is 0.125. The van der Waals surface area contributed by atoms with E-state index in [9.17, 15) is 0 Å². The van der Waals surface area contributed by atoms with Gasteiger partial charge in [-0.15, -0.1) is 0 Å². The molecular formula is C15H21N. The molecule has 0 atom stereocenters. The number of rotatable bonds is 3. The Balaban J connectivity index is 2.44. The average Bonchev–Trinajstić information content (AvgIpc) is 2.48. The quantitative estimate of drug-likeness (QED) is 0.708. The zero-order valence-corrected chi connectivity index (χ0v) is 10.8. The van der Waals surface area contributed by atoms with Crippen molar-refractivity contribution < 1.29 is 0 Å². The summed E-state index contributed by atoms with van der Waals surface area (Å²) in [5.74, 6) is 0. The van der Waals surface area contributed by atoms with E-state index in [0.717, 1.165) is 0 Å². The molecule has 2 rings (SSSR count). The maximum absolute atomic E-state index is 4.69. The Morgan fingerprint density at radius 2 is 2.00 bits per heavy atom. The van der Waals surface area contributed by atoms with Crippen LogP contribution in [0.3, 0.4) is 0 Å². The van der Waals surface area contributed by atoms with Crippen LogP contribution in [0.1, 0.15) is 51.7 Å². The average molecular weight is 215 g/mol. The third-order valence-electron chi connectivity index (χ3n) is 3.75. The van der Waals surface area contributed by atoms with Crippen LogP contribution >= 0.6 is 0 Å². The van der Waals surface area contributed by atoms with Crippen molar-refractivity contribution in [1.82, 2.24) is 0 Å². The number of hydrogen-bond acceptors (Lipinski definition) is 1. The van der Waals surface area contributed by atoms with Gasteiger partial charge in [-0.25, -0.2) is 0 Å². The maximum atomic E-state index is 4.69. The molecule has 0 aromatic heterocycles. The van der Waals surface area contributed by atoms with Crippen molar-refractivity contribution in [3.05, 3.63) is 29.3 Å². The molecule has 1 aliphatic heterocycles. The molecule has 1 aromatic carbocycles. The molecule has 1 aliphatic rings. The molecule has 0 spiro atoms. The van der Waals surface area contributed by atoms with Gasteiger partial charge in [-0.3, -0.25) is 4.99 Å². The summed E-state index contributed by atoms with van der Waals surface area (Å²) < 4.78 is 0. The van der Waals surface area contributed by atoms with Crippen molar-refractivity contribution in [2.75, 3.05) is 0 Å². The molecule has 86 valence electrons. The monoisotopic (exact) mass is 215 g/mol. The van der Waals surface area contributed by atoms with Crippen LogP contribution in [0.5, 0.6) is 0 Å².